The van der Waals surface area contributed by atoms with Crippen LogP contribution in [0.2, 0.25) is 0 Å². The van der Waals surface area contributed by atoms with Crippen molar-refractivity contribution in [1.82, 2.24) is 4.98 Å². The van der Waals surface area contributed by atoms with Crippen LogP contribution in [0.25, 0.3) is 10.2 Å². The molecule has 0 aliphatic rings. The fraction of sp³-hybridized carbons (Fsp3) is 0.125. The molecule has 1 amide bonds. The average Bonchev–Trinajstić information content (AvgIpc) is 2.95. The fourth-order valence-electron chi connectivity index (χ4n) is 2.10. The van der Waals surface area contributed by atoms with Crippen molar-refractivity contribution >= 4 is 54.2 Å². The lowest BCUT2D eigenvalue weighted by atomic mass is 10.2. The molecule has 7 nitrogen and oxygen atoms in total. The molecule has 1 N–H and O–H groups in total. The quantitative estimate of drug-likeness (QED) is 0.489. The lowest BCUT2D eigenvalue weighted by molar-refractivity contribution is -0.384. The molecule has 25 heavy (non-hydrogen) atoms. The van der Waals surface area contributed by atoms with Gasteiger partial charge < -0.3 is 4.74 Å². The molecule has 0 fully saturated rings. The number of non-ortho nitro benzene ring substituents is 1. The van der Waals surface area contributed by atoms with E-state index < -0.39 is 4.92 Å². The number of ether oxygens (including phenoxy) is 1. The van der Waals surface area contributed by atoms with Gasteiger partial charge in [0.05, 0.1) is 19.6 Å². The van der Waals surface area contributed by atoms with Crippen molar-refractivity contribution in [2.24, 2.45) is 0 Å². The second-order valence-corrected chi connectivity index (χ2v) is 7.08. The molecule has 1 aromatic heterocycles. The number of nitrogens with one attached hydrogen (secondary N) is 1. The van der Waals surface area contributed by atoms with E-state index in [0.717, 1.165) is 10.0 Å². The number of halogens is 1. The van der Waals surface area contributed by atoms with E-state index >= 15 is 0 Å². The first-order valence-corrected chi connectivity index (χ1v) is 8.77. The Labute approximate surface area is 154 Å². The van der Waals surface area contributed by atoms with Crippen LogP contribution in [0.5, 0.6) is 5.75 Å². The maximum atomic E-state index is 12.0. The van der Waals surface area contributed by atoms with Gasteiger partial charge >= 0.3 is 0 Å². The predicted octanol–water partition coefficient (Wildman–Crippen LogP) is 4.29. The number of nitro groups is 1. The van der Waals surface area contributed by atoms with Crippen LogP contribution in [0.3, 0.4) is 0 Å². The molecular formula is C16H12BrN3O4S. The minimum Gasteiger partial charge on any atom is -0.483 e. The molecule has 0 saturated carbocycles. The summed E-state index contributed by atoms with van der Waals surface area (Å²) in [4.78, 5) is 26.6. The Morgan fingerprint density at radius 1 is 1.36 bits per heavy atom. The number of fused-ring (bicyclic) bond motifs is 1. The van der Waals surface area contributed by atoms with Gasteiger partial charge in [-0.15, -0.1) is 0 Å². The van der Waals surface area contributed by atoms with Gasteiger partial charge in [0.1, 0.15) is 5.75 Å². The molecule has 0 bridgehead atoms. The second-order valence-electron chi connectivity index (χ2n) is 5.20. The van der Waals surface area contributed by atoms with Gasteiger partial charge in [-0.05, 0) is 46.6 Å². The van der Waals surface area contributed by atoms with E-state index in [2.05, 4.69) is 26.2 Å². The van der Waals surface area contributed by atoms with E-state index in [1.165, 1.54) is 23.5 Å². The normalized spacial score (nSPS) is 10.6. The molecule has 128 valence electrons. The zero-order chi connectivity index (χ0) is 18.0. The van der Waals surface area contributed by atoms with Gasteiger partial charge in [-0.3, -0.25) is 20.2 Å². The monoisotopic (exact) mass is 421 g/mol. The number of benzene rings is 2. The number of hydrogen-bond donors (Lipinski definition) is 1. The van der Waals surface area contributed by atoms with Crippen LogP contribution in [-0.4, -0.2) is 22.4 Å². The first-order valence-electron chi connectivity index (χ1n) is 7.16. The second kappa shape index (κ2) is 7.16. The Kier molecular flexibility index (Phi) is 4.95. The highest BCUT2D eigenvalue weighted by Gasteiger charge is 2.12. The van der Waals surface area contributed by atoms with Crippen LogP contribution in [0.1, 0.15) is 5.56 Å². The maximum Gasteiger partial charge on any atom is 0.270 e. The summed E-state index contributed by atoms with van der Waals surface area (Å²) in [6.45, 7) is 1.79. The van der Waals surface area contributed by atoms with Crippen LogP contribution < -0.4 is 10.1 Å². The lowest BCUT2D eigenvalue weighted by Gasteiger charge is -2.08. The molecule has 3 rings (SSSR count). The van der Waals surface area contributed by atoms with E-state index in [0.29, 0.717) is 21.1 Å². The summed E-state index contributed by atoms with van der Waals surface area (Å²) in [5, 5.41) is 13.8. The highest BCUT2D eigenvalue weighted by Crippen LogP contribution is 2.29. The Balaban J connectivity index is 1.66. The van der Waals surface area contributed by atoms with Gasteiger partial charge in [0.15, 0.2) is 11.7 Å². The number of aromatic nitrogens is 1. The van der Waals surface area contributed by atoms with Gasteiger partial charge in [-0.2, -0.15) is 0 Å². The lowest BCUT2D eigenvalue weighted by Crippen LogP contribution is -2.20. The van der Waals surface area contributed by atoms with E-state index in [9.17, 15) is 14.9 Å². The number of carbonyl (C=O) groups is 1. The largest absolute Gasteiger partial charge is 0.483 e. The third-order valence-corrected chi connectivity index (χ3v) is 4.83. The third-order valence-electron chi connectivity index (χ3n) is 3.28. The number of rotatable bonds is 5. The molecule has 0 aliphatic heterocycles. The van der Waals surface area contributed by atoms with E-state index in [4.69, 9.17) is 4.74 Å². The first-order chi connectivity index (χ1) is 11.9. The SMILES string of the molecule is Cc1ccc(OCC(=O)Nc2nc3ccc([N+](=O)[O-])cc3s2)c(Br)c1. The van der Waals surface area contributed by atoms with Crippen LogP contribution in [-0.2, 0) is 4.79 Å². The molecule has 0 radical (unpaired) electrons. The van der Waals surface area contributed by atoms with Gasteiger partial charge in [0, 0.05) is 12.1 Å². The summed E-state index contributed by atoms with van der Waals surface area (Å²) in [5.74, 6) is 0.210. The summed E-state index contributed by atoms with van der Waals surface area (Å²) in [7, 11) is 0. The average molecular weight is 422 g/mol. The summed E-state index contributed by atoms with van der Waals surface area (Å²) < 4.78 is 6.88. The van der Waals surface area contributed by atoms with Crippen LogP contribution in [0.15, 0.2) is 40.9 Å². The van der Waals surface area contributed by atoms with Gasteiger partial charge in [-0.25, -0.2) is 4.98 Å². The first kappa shape index (κ1) is 17.3. The molecular weight excluding hydrogens is 410 g/mol. The third kappa shape index (κ3) is 4.12. The van der Waals surface area contributed by atoms with Crippen molar-refractivity contribution in [3.8, 4) is 5.75 Å². The molecule has 9 heteroatoms. The number of anilines is 1. The molecule has 0 atom stereocenters. The summed E-state index contributed by atoms with van der Waals surface area (Å²) in [5.41, 5.74) is 1.65. The minimum atomic E-state index is -0.468. The number of aryl methyl sites for hydroxylation is 1. The number of thiazole rings is 1. The highest BCUT2D eigenvalue weighted by atomic mass is 79.9. The summed E-state index contributed by atoms with van der Waals surface area (Å²) >= 11 is 4.56. The number of nitro benzene ring substituents is 1. The van der Waals surface area contributed by atoms with E-state index in [-0.39, 0.29) is 18.2 Å². The zero-order valence-corrected chi connectivity index (χ0v) is 15.4. The van der Waals surface area contributed by atoms with Gasteiger partial charge in [-0.1, -0.05) is 17.4 Å². The summed E-state index contributed by atoms with van der Waals surface area (Å²) in [6, 6.07) is 9.93. The summed E-state index contributed by atoms with van der Waals surface area (Å²) in [6.07, 6.45) is 0. The van der Waals surface area contributed by atoms with Crippen molar-refractivity contribution < 1.29 is 14.5 Å². The number of amides is 1. The van der Waals surface area contributed by atoms with Crippen molar-refractivity contribution in [2.75, 3.05) is 11.9 Å². The molecule has 1 heterocycles. The van der Waals surface area contributed by atoms with E-state index in [1.807, 2.05) is 19.1 Å². The highest BCUT2D eigenvalue weighted by molar-refractivity contribution is 9.10. The Morgan fingerprint density at radius 2 is 2.16 bits per heavy atom. The number of hydrogen-bond acceptors (Lipinski definition) is 6. The Bertz CT molecular complexity index is 973. The maximum absolute atomic E-state index is 12.0. The van der Waals surface area contributed by atoms with Crippen molar-refractivity contribution in [2.45, 2.75) is 6.92 Å². The standard InChI is InChI=1S/C16H12BrN3O4S/c1-9-2-5-13(11(17)6-9)24-8-15(21)19-16-18-12-4-3-10(20(22)23)7-14(12)25-16/h2-7H,8H2,1H3,(H,18,19,21). The molecule has 0 aliphatic carbocycles. The number of carbonyl (C=O) groups excluding carboxylic acids is 1. The predicted molar refractivity (Wildman–Crippen MR) is 99.3 cm³/mol. The Morgan fingerprint density at radius 3 is 2.88 bits per heavy atom. The minimum absolute atomic E-state index is 0.0124. The zero-order valence-electron chi connectivity index (χ0n) is 13.0. The molecule has 0 spiro atoms. The number of nitrogens with zero attached hydrogens (tertiary/aromatic N) is 2. The van der Waals surface area contributed by atoms with Gasteiger partial charge in [0.2, 0.25) is 0 Å². The smallest absolute Gasteiger partial charge is 0.270 e. The van der Waals surface area contributed by atoms with Crippen LogP contribution >= 0.6 is 27.3 Å². The van der Waals surface area contributed by atoms with Crippen molar-refractivity contribution in [1.29, 1.82) is 0 Å². The fourth-order valence-corrected chi connectivity index (χ4v) is 3.62. The molecule has 0 unspecified atom stereocenters. The Hall–Kier alpha value is -2.52. The topological polar surface area (TPSA) is 94.4 Å². The molecule has 0 saturated heterocycles. The van der Waals surface area contributed by atoms with Crippen molar-refractivity contribution in [3.05, 3.63) is 56.5 Å². The molecule has 2 aromatic carbocycles. The van der Waals surface area contributed by atoms with Crippen LogP contribution in [0.4, 0.5) is 10.8 Å². The van der Waals surface area contributed by atoms with Crippen LogP contribution in [0, 0.1) is 17.0 Å². The van der Waals surface area contributed by atoms with Crippen molar-refractivity contribution in [3.63, 3.8) is 0 Å². The van der Waals surface area contributed by atoms with Gasteiger partial charge in [0.25, 0.3) is 11.6 Å². The molecule has 3 aromatic rings. The van der Waals surface area contributed by atoms with E-state index in [1.54, 1.807) is 12.1 Å².